The van der Waals surface area contributed by atoms with Crippen LogP contribution >= 0.6 is 0 Å². The van der Waals surface area contributed by atoms with Crippen molar-refractivity contribution in [3.05, 3.63) is 81.8 Å². The van der Waals surface area contributed by atoms with Gasteiger partial charge in [0.15, 0.2) is 0 Å². The second-order valence-electron chi connectivity index (χ2n) is 7.83. The number of nitrogens with one attached hydrogen (secondary N) is 4. The molecule has 1 aliphatic heterocycles. The molecule has 32 heavy (non-hydrogen) atoms. The first-order valence-corrected chi connectivity index (χ1v) is 10.6. The number of hydrogen-bond acceptors (Lipinski definition) is 6. The molecule has 0 saturated carbocycles. The van der Waals surface area contributed by atoms with Crippen molar-refractivity contribution in [1.82, 2.24) is 20.3 Å². The van der Waals surface area contributed by atoms with Gasteiger partial charge in [-0.1, -0.05) is 30.3 Å². The number of aliphatic hydroxyl groups excluding tert-OH is 1. The van der Waals surface area contributed by atoms with Crippen LogP contribution in [0.15, 0.2) is 64.5 Å². The molecule has 0 fully saturated rings. The van der Waals surface area contributed by atoms with E-state index in [9.17, 15) is 9.90 Å². The first-order chi connectivity index (χ1) is 15.6. The second-order valence-corrected chi connectivity index (χ2v) is 7.83. The Labute approximate surface area is 184 Å². The summed E-state index contributed by atoms with van der Waals surface area (Å²) in [5.41, 5.74) is 5.19. The van der Waals surface area contributed by atoms with E-state index in [2.05, 4.69) is 31.7 Å². The molecule has 0 radical (unpaired) electrons. The number of nitrogens with zero attached hydrogens (tertiary/aromatic N) is 2. The Morgan fingerprint density at radius 3 is 2.81 bits per heavy atom. The number of H-pyrrole nitrogens is 2. The van der Waals surface area contributed by atoms with Crippen molar-refractivity contribution in [3.8, 4) is 11.4 Å². The van der Waals surface area contributed by atoms with Crippen LogP contribution in [0.1, 0.15) is 22.8 Å². The fourth-order valence-corrected chi connectivity index (χ4v) is 4.00. The van der Waals surface area contributed by atoms with Gasteiger partial charge < -0.3 is 25.7 Å². The van der Waals surface area contributed by atoms with Crippen molar-refractivity contribution in [1.29, 1.82) is 0 Å². The third kappa shape index (κ3) is 3.76. The standard InChI is InChI=1S/C24H24N6O2/c1-14-11-16(22-25-9-10-26-22)12-18-21(14)30-23(29-18)20-17(7-8-27-24(20)32)28-13-19(31)15-5-3-2-4-6-15/h2-8,11-12,19,31H,9-10,13H2,1H3,(H,25,26)(H,29,30)(H2,27,28,32). The van der Waals surface area contributed by atoms with E-state index in [0.29, 0.717) is 17.1 Å². The molecule has 5 N–H and O–H groups in total. The third-order valence-corrected chi connectivity index (χ3v) is 5.59. The lowest BCUT2D eigenvalue weighted by atomic mass is 10.1. The molecule has 0 bridgehead atoms. The van der Waals surface area contributed by atoms with Gasteiger partial charge in [0.2, 0.25) is 0 Å². The van der Waals surface area contributed by atoms with Crippen LogP contribution in [0.5, 0.6) is 0 Å². The number of aromatic amines is 2. The molecule has 3 heterocycles. The summed E-state index contributed by atoms with van der Waals surface area (Å²) in [5.74, 6) is 1.35. The number of aliphatic hydroxyl groups is 1. The van der Waals surface area contributed by atoms with E-state index in [0.717, 1.165) is 46.6 Å². The number of anilines is 1. The molecule has 4 aromatic rings. The molecule has 8 nitrogen and oxygen atoms in total. The maximum atomic E-state index is 12.7. The van der Waals surface area contributed by atoms with E-state index in [4.69, 9.17) is 4.98 Å². The highest BCUT2D eigenvalue weighted by molar-refractivity contribution is 6.03. The zero-order chi connectivity index (χ0) is 22.1. The summed E-state index contributed by atoms with van der Waals surface area (Å²) in [5, 5.41) is 17.0. The highest BCUT2D eigenvalue weighted by atomic mass is 16.3. The Hall–Kier alpha value is -3.91. The number of aromatic nitrogens is 3. The molecule has 0 spiro atoms. The van der Waals surface area contributed by atoms with Crippen LogP contribution in [0.25, 0.3) is 22.4 Å². The number of rotatable bonds is 6. The van der Waals surface area contributed by atoms with E-state index in [1.54, 1.807) is 12.3 Å². The zero-order valence-electron chi connectivity index (χ0n) is 17.6. The minimum absolute atomic E-state index is 0.259. The van der Waals surface area contributed by atoms with Crippen LogP contribution in [0, 0.1) is 6.92 Å². The van der Waals surface area contributed by atoms with Gasteiger partial charge in [0.1, 0.15) is 17.2 Å². The number of aliphatic imine (C=N–C) groups is 1. The van der Waals surface area contributed by atoms with E-state index < -0.39 is 6.10 Å². The second kappa shape index (κ2) is 8.32. The molecular weight excluding hydrogens is 404 g/mol. The Morgan fingerprint density at radius 1 is 1.19 bits per heavy atom. The quantitative estimate of drug-likeness (QED) is 0.324. The lowest BCUT2D eigenvalue weighted by molar-refractivity contribution is 0.191. The molecule has 1 aliphatic rings. The smallest absolute Gasteiger partial charge is 0.261 e. The maximum absolute atomic E-state index is 12.7. The number of hydrogen-bond donors (Lipinski definition) is 5. The largest absolute Gasteiger partial charge is 0.387 e. The normalized spacial score (nSPS) is 14.2. The number of pyridine rings is 1. The fraction of sp³-hybridized carbons (Fsp3) is 0.208. The molecule has 0 amide bonds. The molecule has 0 aliphatic carbocycles. The highest BCUT2D eigenvalue weighted by Crippen LogP contribution is 2.27. The van der Waals surface area contributed by atoms with Crippen molar-refractivity contribution in [2.24, 2.45) is 4.99 Å². The van der Waals surface area contributed by atoms with Crippen molar-refractivity contribution in [3.63, 3.8) is 0 Å². The van der Waals surface area contributed by atoms with Crippen LogP contribution in [-0.4, -0.2) is 45.5 Å². The summed E-state index contributed by atoms with van der Waals surface area (Å²) < 4.78 is 0. The van der Waals surface area contributed by atoms with Crippen LogP contribution in [0.4, 0.5) is 5.69 Å². The molecule has 8 heteroatoms. The van der Waals surface area contributed by atoms with Gasteiger partial charge in [-0.15, -0.1) is 0 Å². The summed E-state index contributed by atoms with van der Waals surface area (Å²) in [6.07, 6.45) is 0.877. The molecule has 1 unspecified atom stereocenters. The van der Waals surface area contributed by atoms with Gasteiger partial charge >= 0.3 is 0 Å². The highest BCUT2D eigenvalue weighted by Gasteiger charge is 2.18. The van der Waals surface area contributed by atoms with Crippen LogP contribution < -0.4 is 16.2 Å². The Bertz CT molecular complexity index is 1360. The zero-order valence-corrected chi connectivity index (χ0v) is 17.6. The molecule has 2 aromatic heterocycles. The number of benzene rings is 2. The number of amidine groups is 1. The van der Waals surface area contributed by atoms with Gasteiger partial charge in [-0.2, -0.15) is 0 Å². The predicted molar refractivity (Wildman–Crippen MR) is 126 cm³/mol. The average Bonchev–Trinajstić information content (AvgIpc) is 3.48. The minimum Gasteiger partial charge on any atom is -0.387 e. The van der Waals surface area contributed by atoms with Crippen LogP contribution in [-0.2, 0) is 0 Å². The molecule has 162 valence electrons. The van der Waals surface area contributed by atoms with Crippen LogP contribution in [0.2, 0.25) is 0 Å². The van der Waals surface area contributed by atoms with Gasteiger partial charge in [-0.25, -0.2) is 4.98 Å². The number of fused-ring (bicyclic) bond motifs is 1. The Kier molecular flexibility index (Phi) is 5.20. The molecular formula is C24H24N6O2. The summed E-state index contributed by atoms with van der Waals surface area (Å²) in [6, 6.07) is 15.2. The number of aryl methyl sites for hydroxylation is 1. The van der Waals surface area contributed by atoms with E-state index >= 15 is 0 Å². The fourth-order valence-electron chi connectivity index (χ4n) is 4.00. The lowest BCUT2D eigenvalue weighted by Gasteiger charge is -2.14. The van der Waals surface area contributed by atoms with Gasteiger partial charge in [-0.05, 0) is 36.2 Å². The van der Waals surface area contributed by atoms with Crippen molar-refractivity contribution in [2.75, 3.05) is 25.0 Å². The molecule has 2 aromatic carbocycles. The van der Waals surface area contributed by atoms with Crippen molar-refractivity contribution in [2.45, 2.75) is 13.0 Å². The summed E-state index contributed by atoms with van der Waals surface area (Å²) in [6.45, 7) is 3.86. The first-order valence-electron chi connectivity index (χ1n) is 10.6. The van der Waals surface area contributed by atoms with Crippen molar-refractivity contribution >= 4 is 22.6 Å². The summed E-state index contributed by atoms with van der Waals surface area (Å²) in [7, 11) is 0. The Balaban J connectivity index is 1.49. The van der Waals surface area contributed by atoms with E-state index in [-0.39, 0.29) is 12.1 Å². The average molecular weight is 428 g/mol. The third-order valence-electron chi connectivity index (χ3n) is 5.59. The molecule has 1 atom stereocenters. The van der Waals surface area contributed by atoms with E-state index in [1.807, 2.05) is 43.3 Å². The van der Waals surface area contributed by atoms with Gasteiger partial charge in [0.05, 0.1) is 29.4 Å². The first kappa shape index (κ1) is 20.0. The molecule has 0 saturated heterocycles. The van der Waals surface area contributed by atoms with Gasteiger partial charge in [0.25, 0.3) is 5.56 Å². The monoisotopic (exact) mass is 428 g/mol. The summed E-state index contributed by atoms with van der Waals surface area (Å²) in [4.78, 5) is 28.0. The number of imidazole rings is 1. The van der Waals surface area contributed by atoms with Gasteiger partial charge in [0, 0.05) is 24.8 Å². The lowest BCUT2D eigenvalue weighted by Crippen LogP contribution is -2.19. The summed E-state index contributed by atoms with van der Waals surface area (Å²) >= 11 is 0. The predicted octanol–water partition coefficient (Wildman–Crippen LogP) is 2.72. The van der Waals surface area contributed by atoms with Crippen LogP contribution in [0.3, 0.4) is 0 Å². The maximum Gasteiger partial charge on any atom is 0.261 e. The Morgan fingerprint density at radius 2 is 2.03 bits per heavy atom. The minimum atomic E-state index is -0.705. The van der Waals surface area contributed by atoms with Crippen molar-refractivity contribution < 1.29 is 5.11 Å². The van der Waals surface area contributed by atoms with E-state index in [1.165, 1.54) is 0 Å². The molecule has 5 rings (SSSR count). The van der Waals surface area contributed by atoms with Gasteiger partial charge in [-0.3, -0.25) is 9.79 Å². The SMILES string of the molecule is Cc1cc(C2=NCCN2)cc2[nH]c(-c3c(NCC(O)c4ccccc4)cc[nH]c3=O)nc12. The topological polar surface area (TPSA) is 118 Å².